The summed E-state index contributed by atoms with van der Waals surface area (Å²) in [5, 5.41) is 0.990. The van der Waals surface area contributed by atoms with Crippen molar-refractivity contribution in [1.29, 1.82) is 0 Å². The Kier molecular flexibility index (Phi) is 3.11. The molecule has 6 nitrogen and oxygen atoms in total. The van der Waals surface area contributed by atoms with E-state index in [1.165, 1.54) is 13.4 Å². The summed E-state index contributed by atoms with van der Waals surface area (Å²) < 4.78 is 6.78. The summed E-state index contributed by atoms with van der Waals surface area (Å²) in [6.07, 6.45) is 1.38. The number of hydrogen-bond acceptors (Lipinski definition) is 5. The van der Waals surface area contributed by atoms with E-state index in [1.54, 1.807) is 22.8 Å². The van der Waals surface area contributed by atoms with Crippen LogP contribution in [-0.2, 0) is 0 Å². The van der Waals surface area contributed by atoms with Gasteiger partial charge in [0, 0.05) is 10.0 Å². The topological polar surface area (TPSA) is 78.8 Å². The largest absolute Gasteiger partial charge is 0.479 e. The van der Waals surface area contributed by atoms with E-state index in [4.69, 9.17) is 33.7 Å². The monoisotopic (exact) mass is 309 g/mol. The first-order chi connectivity index (χ1) is 9.60. The van der Waals surface area contributed by atoms with E-state index in [9.17, 15) is 0 Å². The Balaban J connectivity index is 2.33. The van der Waals surface area contributed by atoms with Crippen molar-refractivity contribution < 1.29 is 4.74 Å². The molecular weight excluding hydrogens is 301 g/mol. The first kappa shape index (κ1) is 13.0. The second-order valence-corrected chi connectivity index (χ2v) is 4.86. The molecule has 20 heavy (non-hydrogen) atoms. The van der Waals surface area contributed by atoms with Gasteiger partial charge in [0.05, 0.1) is 12.8 Å². The molecule has 0 saturated heterocycles. The number of rotatable bonds is 2. The van der Waals surface area contributed by atoms with Gasteiger partial charge in [-0.25, -0.2) is 9.97 Å². The van der Waals surface area contributed by atoms with Gasteiger partial charge in [-0.15, -0.1) is 0 Å². The molecule has 2 aromatic heterocycles. The van der Waals surface area contributed by atoms with E-state index < -0.39 is 0 Å². The van der Waals surface area contributed by atoms with Crippen LogP contribution in [0.5, 0.6) is 5.88 Å². The summed E-state index contributed by atoms with van der Waals surface area (Å²) in [6.45, 7) is 0. The first-order valence-corrected chi connectivity index (χ1v) is 6.35. The fourth-order valence-corrected chi connectivity index (χ4v) is 2.48. The van der Waals surface area contributed by atoms with Crippen LogP contribution >= 0.6 is 23.2 Å². The SMILES string of the molecule is COc1ncnc2c1nc(N)n2-c1cc(Cl)cc(Cl)c1. The number of ether oxygens (including phenoxy) is 1. The van der Waals surface area contributed by atoms with Crippen molar-refractivity contribution in [2.24, 2.45) is 0 Å². The van der Waals surface area contributed by atoms with E-state index in [-0.39, 0.29) is 5.95 Å². The van der Waals surface area contributed by atoms with E-state index >= 15 is 0 Å². The Hall–Kier alpha value is -2.05. The molecule has 102 valence electrons. The molecule has 8 heteroatoms. The summed E-state index contributed by atoms with van der Waals surface area (Å²) in [4.78, 5) is 12.4. The van der Waals surface area contributed by atoms with Crippen LogP contribution < -0.4 is 10.5 Å². The summed E-state index contributed by atoms with van der Waals surface area (Å²) in [5.41, 5.74) is 7.62. The third-order valence-corrected chi connectivity index (χ3v) is 3.17. The van der Waals surface area contributed by atoms with Crippen LogP contribution in [0.25, 0.3) is 16.9 Å². The lowest BCUT2D eigenvalue weighted by Crippen LogP contribution is -2.01. The number of imidazole rings is 1. The molecule has 0 amide bonds. The van der Waals surface area contributed by atoms with Gasteiger partial charge in [0.2, 0.25) is 11.8 Å². The maximum atomic E-state index is 6.01. The second kappa shape index (κ2) is 4.81. The molecule has 0 fully saturated rings. The number of fused-ring (bicyclic) bond motifs is 1. The Morgan fingerprint density at radius 2 is 1.85 bits per heavy atom. The number of nitrogens with zero attached hydrogens (tertiary/aromatic N) is 4. The minimum atomic E-state index is 0.247. The highest BCUT2D eigenvalue weighted by Gasteiger charge is 2.16. The number of nitrogens with two attached hydrogens (primary N) is 1. The van der Waals surface area contributed by atoms with Crippen molar-refractivity contribution in [1.82, 2.24) is 19.5 Å². The van der Waals surface area contributed by atoms with Crippen LogP contribution in [0.3, 0.4) is 0 Å². The van der Waals surface area contributed by atoms with Gasteiger partial charge >= 0.3 is 0 Å². The molecule has 0 unspecified atom stereocenters. The molecule has 0 aliphatic carbocycles. The van der Waals surface area contributed by atoms with Gasteiger partial charge in [-0.2, -0.15) is 4.98 Å². The van der Waals surface area contributed by atoms with Crippen LogP contribution in [0, 0.1) is 0 Å². The molecule has 0 aliphatic heterocycles. The average Bonchev–Trinajstić information content (AvgIpc) is 2.73. The number of hydrogen-bond donors (Lipinski definition) is 1. The zero-order valence-corrected chi connectivity index (χ0v) is 11.9. The zero-order chi connectivity index (χ0) is 14.3. The highest BCUT2D eigenvalue weighted by molar-refractivity contribution is 6.34. The van der Waals surface area contributed by atoms with Crippen LogP contribution in [0.1, 0.15) is 0 Å². The highest BCUT2D eigenvalue weighted by atomic mass is 35.5. The lowest BCUT2D eigenvalue weighted by Gasteiger charge is -2.07. The highest BCUT2D eigenvalue weighted by Crippen LogP contribution is 2.29. The number of benzene rings is 1. The molecule has 0 aliphatic rings. The molecule has 0 radical (unpaired) electrons. The lowest BCUT2D eigenvalue weighted by atomic mass is 10.3. The number of anilines is 1. The van der Waals surface area contributed by atoms with Gasteiger partial charge in [-0.1, -0.05) is 23.2 Å². The number of halogens is 2. The van der Waals surface area contributed by atoms with Gasteiger partial charge < -0.3 is 10.5 Å². The van der Waals surface area contributed by atoms with Crippen molar-refractivity contribution in [2.75, 3.05) is 12.8 Å². The predicted octanol–water partition coefficient (Wildman–Crippen LogP) is 2.71. The van der Waals surface area contributed by atoms with Gasteiger partial charge in [-0.3, -0.25) is 4.57 Å². The first-order valence-electron chi connectivity index (χ1n) is 5.59. The smallest absolute Gasteiger partial charge is 0.245 e. The Morgan fingerprint density at radius 1 is 1.15 bits per heavy atom. The predicted molar refractivity (Wildman–Crippen MR) is 77.6 cm³/mol. The molecule has 3 aromatic rings. The third-order valence-electron chi connectivity index (χ3n) is 2.74. The van der Waals surface area contributed by atoms with Crippen LogP contribution in [0.4, 0.5) is 5.95 Å². The van der Waals surface area contributed by atoms with Gasteiger partial charge in [-0.05, 0) is 18.2 Å². The minimum absolute atomic E-state index is 0.247. The van der Waals surface area contributed by atoms with Crippen LogP contribution in [-0.4, -0.2) is 26.6 Å². The number of nitrogen functional groups attached to an aromatic ring is 1. The normalized spacial score (nSPS) is 10.9. The zero-order valence-electron chi connectivity index (χ0n) is 10.3. The third kappa shape index (κ3) is 2.03. The fourth-order valence-electron chi connectivity index (χ4n) is 1.96. The maximum Gasteiger partial charge on any atom is 0.245 e. The Morgan fingerprint density at radius 3 is 2.50 bits per heavy atom. The van der Waals surface area contributed by atoms with Crippen molar-refractivity contribution >= 4 is 40.3 Å². The molecule has 0 bridgehead atoms. The minimum Gasteiger partial charge on any atom is -0.479 e. The number of methoxy groups -OCH3 is 1. The molecule has 0 atom stereocenters. The van der Waals surface area contributed by atoms with E-state index in [2.05, 4.69) is 15.0 Å². The summed E-state index contributed by atoms with van der Waals surface area (Å²) in [6, 6.07) is 5.08. The van der Waals surface area contributed by atoms with Crippen molar-refractivity contribution in [2.45, 2.75) is 0 Å². The Labute approximate surface area is 124 Å². The van der Waals surface area contributed by atoms with Gasteiger partial charge in [0.1, 0.15) is 6.33 Å². The summed E-state index contributed by atoms with van der Waals surface area (Å²) in [7, 11) is 1.51. The standard InChI is InChI=1S/C12H9Cl2N5O/c1-20-11-9-10(16-5-17-11)19(12(15)18-9)8-3-6(13)2-7(14)4-8/h2-5H,1H3,(H2,15,18). The summed E-state index contributed by atoms with van der Waals surface area (Å²) >= 11 is 12.0. The van der Waals surface area contributed by atoms with E-state index in [0.29, 0.717) is 32.8 Å². The van der Waals surface area contributed by atoms with Crippen molar-refractivity contribution in [3.8, 4) is 11.6 Å². The van der Waals surface area contributed by atoms with Crippen LogP contribution in [0.2, 0.25) is 10.0 Å². The molecule has 0 saturated carbocycles. The van der Waals surface area contributed by atoms with Crippen LogP contribution in [0.15, 0.2) is 24.5 Å². The molecule has 0 spiro atoms. The number of aromatic nitrogens is 4. The van der Waals surface area contributed by atoms with Crippen molar-refractivity contribution in [3.63, 3.8) is 0 Å². The second-order valence-electron chi connectivity index (χ2n) is 3.99. The van der Waals surface area contributed by atoms with E-state index in [1.807, 2.05) is 0 Å². The van der Waals surface area contributed by atoms with Gasteiger partial charge in [0.25, 0.3) is 0 Å². The van der Waals surface area contributed by atoms with Gasteiger partial charge in [0.15, 0.2) is 11.2 Å². The molecular formula is C12H9Cl2N5O. The molecule has 1 aromatic carbocycles. The summed E-state index contributed by atoms with van der Waals surface area (Å²) in [5.74, 6) is 0.603. The molecule has 3 rings (SSSR count). The maximum absolute atomic E-state index is 6.01. The quantitative estimate of drug-likeness (QED) is 0.787. The Bertz CT molecular complexity index is 782. The lowest BCUT2D eigenvalue weighted by molar-refractivity contribution is 0.401. The van der Waals surface area contributed by atoms with Crippen molar-refractivity contribution in [3.05, 3.63) is 34.6 Å². The molecule has 2 N–H and O–H groups in total. The molecule has 2 heterocycles. The van der Waals surface area contributed by atoms with E-state index in [0.717, 1.165) is 0 Å². The average molecular weight is 310 g/mol. The fraction of sp³-hybridized carbons (Fsp3) is 0.0833.